The highest BCUT2D eigenvalue weighted by molar-refractivity contribution is 6.32. The summed E-state index contributed by atoms with van der Waals surface area (Å²) in [5.74, 6) is 4.55. The monoisotopic (exact) mass is 525 g/mol. The number of amides is 2. The van der Waals surface area contributed by atoms with E-state index < -0.39 is 29.6 Å². The van der Waals surface area contributed by atoms with Gasteiger partial charge in [-0.2, -0.15) is 13.9 Å². The molecule has 5 rings (SSSR count). The summed E-state index contributed by atoms with van der Waals surface area (Å²) in [5, 5.41) is 7.71. The van der Waals surface area contributed by atoms with E-state index in [1.54, 1.807) is 19.4 Å². The van der Waals surface area contributed by atoms with Gasteiger partial charge in [-0.05, 0) is 37.0 Å². The standard InChI is InChI=1S/C25H22ClF2N7O2/c1-3-21(36)33-11-15(9-20(33)23(27)28)35-25(30-2)22(24(29)37)17(32-35)7-4-13-8-18-19(10-16(13)26)34(12-31-18)14-5-6-14/h3,8,10,12,14-15,30H,1,5-6,9,11H2,2H3,(H2,29,37)/t15-/m0/s1. The number of carbonyl (C=O) groups excluding carboxylic acids is 2. The molecule has 3 N–H and O–H groups in total. The maximum atomic E-state index is 13.6. The Kier molecular flexibility index (Phi) is 6.21. The SMILES string of the molecule is C=CC(=O)N1C[C@@H](n2nc(C#Cc3cc4ncn(C5CC5)c4cc3Cl)c(C(N)=O)c2NC)CC1=C(F)F. The summed E-state index contributed by atoms with van der Waals surface area (Å²) in [6.07, 6.45) is 2.80. The molecular formula is C25H22ClF2N7O2. The maximum absolute atomic E-state index is 13.6. The van der Waals surface area contributed by atoms with Crippen LogP contribution in [0.3, 0.4) is 0 Å². The normalized spacial score (nSPS) is 17.0. The van der Waals surface area contributed by atoms with Crippen molar-refractivity contribution in [3.8, 4) is 11.8 Å². The van der Waals surface area contributed by atoms with Gasteiger partial charge in [0.1, 0.15) is 11.4 Å². The fraction of sp³-hybridized carbons (Fsp3) is 0.280. The summed E-state index contributed by atoms with van der Waals surface area (Å²) in [6.45, 7) is 3.28. The molecule has 37 heavy (non-hydrogen) atoms. The Morgan fingerprint density at radius 1 is 1.27 bits per heavy atom. The summed E-state index contributed by atoms with van der Waals surface area (Å²) < 4.78 is 30.6. The van der Waals surface area contributed by atoms with Gasteiger partial charge < -0.3 is 20.5 Å². The highest BCUT2D eigenvalue weighted by Gasteiger charge is 2.37. The van der Waals surface area contributed by atoms with Crippen molar-refractivity contribution >= 4 is 40.3 Å². The molecule has 1 saturated heterocycles. The van der Waals surface area contributed by atoms with Crippen molar-refractivity contribution in [1.82, 2.24) is 24.2 Å². The van der Waals surface area contributed by atoms with Crippen molar-refractivity contribution in [1.29, 1.82) is 0 Å². The number of aromatic nitrogens is 4. The summed E-state index contributed by atoms with van der Waals surface area (Å²) in [5.41, 5.74) is 7.41. The largest absolute Gasteiger partial charge is 0.373 e. The van der Waals surface area contributed by atoms with Gasteiger partial charge >= 0.3 is 0 Å². The van der Waals surface area contributed by atoms with E-state index in [0.717, 1.165) is 34.9 Å². The van der Waals surface area contributed by atoms with E-state index in [1.807, 2.05) is 6.07 Å². The Bertz CT molecular complexity index is 1550. The molecule has 190 valence electrons. The molecule has 12 heteroatoms. The molecular weight excluding hydrogens is 504 g/mol. The number of nitrogens with one attached hydrogen (secondary N) is 1. The van der Waals surface area contributed by atoms with E-state index in [4.69, 9.17) is 17.3 Å². The predicted octanol–water partition coefficient (Wildman–Crippen LogP) is 3.83. The summed E-state index contributed by atoms with van der Waals surface area (Å²) in [6, 6.07) is 3.32. The summed E-state index contributed by atoms with van der Waals surface area (Å²) >= 11 is 6.50. The van der Waals surface area contributed by atoms with Crippen LogP contribution >= 0.6 is 11.6 Å². The molecule has 1 aliphatic heterocycles. The van der Waals surface area contributed by atoms with Crippen LogP contribution in [0, 0.1) is 11.8 Å². The predicted molar refractivity (Wildman–Crippen MR) is 134 cm³/mol. The topological polar surface area (TPSA) is 111 Å². The van der Waals surface area contributed by atoms with Crippen LogP contribution in [0.25, 0.3) is 11.0 Å². The van der Waals surface area contributed by atoms with Crippen molar-refractivity contribution < 1.29 is 18.4 Å². The highest BCUT2D eigenvalue weighted by atomic mass is 35.5. The second-order valence-electron chi connectivity index (χ2n) is 8.80. The number of primary amides is 1. The van der Waals surface area contributed by atoms with E-state index in [1.165, 1.54) is 4.68 Å². The minimum Gasteiger partial charge on any atom is -0.373 e. The van der Waals surface area contributed by atoms with Crippen LogP contribution in [0.1, 0.15) is 53.0 Å². The average Bonchev–Trinajstić information content (AvgIpc) is 3.31. The Morgan fingerprint density at radius 3 is 2.65 bits per heavy atom. The summed E-state index contributed by atoms with van der Waals surface area (Å²) in [7, 11) is 1.55. The lowest BCUT2D eigenvalue weighted by atomic mass is 10.1. The van der Waals surface area contributed by atoms with Crippen molar-refractivity contribution in [3.63, 3.8) is 0 Å². The number of rotatable bonds is 5. The minimum absolute atomic E-state index is 0.00459. The zero-order chi connectivity index (χ0) is 26.4. The van der Waals surface area contributed by atoms with Crippen LogP contribution in [0.5, 0.6) is 0 Å². The molecule has 2 aliphatic rings. The van der Waals surface area contributed by atoms with E-state index >= 15 is 0 Å². The number of hydrogen-bond acceptors (Lipinski definition) is 5. The maximum Gasteiger partial charge on any atom is 0.289 e. The number of nitrogens with two attached hydrogens (primary N) is 1. The first-order valence-electron chi connectivity index (χ1n) is 11.5. The molecule has 2 amide bonds. The Labute approximate surface area is 215 Å². The first kappa shape index (κ1) is 24.5. The quantitative estimate of drug-likeness (QED) is 0.388. The Balaban J connectivity index is 1.55. The van der Waals surface area contributed by atoms with Gasteiger partial charge in [0.15, 0.2) is 5.69 Å². The van der Waals surface area contributed by atoms with Crippen LogP contribution in [0.4, 0.5) is 14.6 Å². The number of fused-ring (bicyclic) bond motifs is 1. The zero-order valence-electron chi connectivity index (χ0n) is 19.8. The van der Waals surface area contributed by atoms with Gasteiger partial charge in [0.05, 0.1) is 34.1 Å². The van der Waals surface area contributed by atoms with Gasteiger partial charge in [0.2, 0.25) is 5.91 Å². The molecule has 1 aliphatic carbocycles. The van der Waals surface area contributed by atoms with Gasteiger partial charge in [-0.25, -0.2) is 9.67 Å². The molecule has 2 fully saturated rings. The fourth-order valence-corrected chi connectivity index (χ4v) is 4.77. The number of nitrogens with zero attached hydrogens (tertiary/aromatic N) is 5. The fourth-order valence-electron chi connectivity index (χ4n) is 4.57. The Morgan fingerprint density at radius 2 is 2.03 bits per heavy atom. The van der Waals surface area contributed by atoms with E-state index in [2.05, 4.69) is 38.4 Å². The average molecular weight is 526 g/mol. The van der Waals surface area contributed by atoms with Crippen molar-refractivity contribution in [2.75, 3.05) is 18.9 Å². The lowest BCUT2D eigenvalue weighted by Crippen LogP contribution is -2.27. The van der Waals surface area contributed by atoms with E-state index in [9.17, 15) is 18.4 Å². The molecule has 9 nitrogen and oxygen atoms in total. The highest BCUT2D eigenvalue weighted by Crippen LogP contribution is 2.38. The number of halogens is 3. The summed E-state index contributed by atoms with van der Waals surface area (Å²) in [4.78, 5) is 29.9. The first-order chi connectivity index (χ1) is 17.7. The second-order valence-corrected chi connectivity index (χ2v) is 9.21. The molecule has 3 aromatic rings. The number of hydrogen-bond donors (Lipinski definition) is 2. The first-order valence-corrected chi connectivity index (χ1v) is 11.9. The van der Waals surface area contributed by atoms with Crippen LogP contribution < -0.4 is 11.1 Å². The van der Waals surface area contributed by atoms with Crippen molar-refractivity contribution in [2.45, 2.75) is 31.3 Å². The smallest absolute Gasteiger partial charge is 0.289 e. The number of imidazole rings is 1. The van der Waals surface area contributed by atoms with E-state index in [0.29, 0.717) is 16.6 Å². The molecule has 1 aromatic carbocycles. The molecule has 0 spiro atoms. The van der Waals surface area contributed by atoms with Gasteiger partial charge in [-0.15, -0.1) is 0 Å². The van der Waals surface area contributed by atoms with Crippen LogP contribution in [-0.4, -0.2) is 49.6 Å². The van der Waals surface area contributed by atoms with Crippen LogP contribution in [0.2, 0.25) is 5.02 Å². The van der Waals surface area contributed by atoms with E-state index in [-0.39, 0.29) is 30.0 Å². The third kappa shape index (κ3) is 4.34. The lowest BCUT2D eigenvalue weighted by Gasteiger charge is -2.16. The van der Waals surface area contributed by atoms with Crippen LogP contribution in [0.15, 0.2) is 42.9 Å². The number of anilines is 1. The molecule has 0 unspecified atom stereocenters. The number of allylic oxidation sites excluding steroid dienone is 1. The second kappa shape index (κ2) is 9.37. The minimum atomic E-state index is -1.97. The number of carbonyl (C=O) groups is 2. The van der Waals surface area contributed by atoms with Gasteiger partial charge in [-0.1, -0.05) is 24.1 Å². The third-order valence-corrected chi connectivity index (χ3v) is 6.78. The lowest BCUT2D eigenvalue weighted by molar-refractivity contribution is -0.123. The third-order valence-electron chi connectivity index (χ3n) is 6.47. The Hall–Kier alpha value is -4.17. The zero-order valence-corrected chi connectivity index (χ0v) is 20.5. The van der Waals surface area contributed by atoms with Crippen molar-refractivity contribution in [3.05, 3.63) is 64.7 Å². The molecule has 1 saturated carbocycles. The molecule has 2 aromatic heterocycles. The number of likely N-dealkylation sites (tertiary alicyclic amines) is 1. The van der Waals surface area contributed by atoms with Gasteiger partial charge in [0.25, 0.3) is 12.0 Å². The van der Waals surface area contributed by atoms with Gasteiger partial charge in [-0.3, -0.25) is 9.59 Å². The molecule has 3 heterocycles. The van der Waals surface area contributed by atoms with Crippen LogP contribution in [-0.2, 0) is 4.79 Å². The van der Waals surface area contributed by atoms with Gasteiger partial charge in [0, 0.05) is 31.6 Å². The molecule has 1 atom stereocenters. The van der Waals surface area contributed by atoms with Crippen molar-refractivity contribution in [2.24, 2.45) is 5.73 Å². The number of benzene rings is 1. The molecule has 0 bridgehead atoms. The molecule has 0 radical (unpaired) electrons.